The lowest BCUT2D eigenvalue weighted by atomic mass is 9.81. The molecule has 0 bridgehead atoms. The molecule has 1 aromatic carbocycles. The third-order valence-electron chi connectivity index (χ3n) is 3.52. The highest BCUT2D eigenvalue weighted by Gasteiger charge is 2.31. The Labute approximate surface area is 105 Å². The molecule has 17 heavy (non-hydrogen) atoms. The fraction of sp³-hybridized carbons (Fsp3) is 0.600. The Bertz CT molecular complexity index is 362. The van der Waals surface area contributed by atoms with Gasteiger partial charge in [0.05, 0.1) is 0 Å². The van der Waals surface area contributed by atoms with Crippen LogP contribution < -0.4 is 5.73 Å². The molecule has 0 saturated carbocycles. The van der Waals surface area contributed by atoms with Crippen LogP contribution >= 0.6 is 0 Å². The molecule has 0 spiro atoms. The molecule has 0 saturated heterocycles. The maximum atomic E-state index is 10.5. The van der Waals surface area contributed by atoms with E-state index in [1.165, 1.54) is 5.56 Å². The van der Waals surface area contributed by atoms with Crippen molar-refractivity contribution < 1.29 is 5.11 Å². The van der Waals surface area contributed by atoms with Crippen molar-refractivity contribution >= 4 is 0 Å². The van der Waals surface area contributed by atoms with E-state index < -0.39 is 5.60 Å². The molecule has 2 nitrogen and oxygen atoms in total. The highest BCUT2D eigenvalue weighted by atomic mass is 16.3. The van der Waals surface area contributed by atoms with Gasteiger partial charge >= 0.3 is 0 Å². The SMILES string of the molecule is CC(C)C(O)(CN)c1ccc(C(C)(C)C)cc1. The van der Waals surface area contributed by atoms with Gasteiger partial charge in [0.25, 0.3) is 0 Å². The quantitative estimate of drug-likeness (QED) is 0.846. The average Bonchev–Trinajstić information content (AvgIpc) is 2.26. The van der Waals surface area contributed by atoms with Crippen molar-refractivity contribution in [3.63, 3.8) is 0 Å². The van der Waals surface area contributed by atoms with Crippen molar-refractivity contribution in [3.05, 3.63) is 35.4 Å². The van der Waals surface area contributed by atoms with Gasteiger partial charge in [0.2, 0.25) is 0 Å². The van der Waals surface area contributed by atoms with Gasteiger partial charge in [0, 0.05) is 6.54 Å². The lowest BCUT2D eigenvalue weighted by Crippen LogP contribution is -2.39. The van der Waals surface area contributed by atoms with Gasteiger partial charge in [-0.2, -0.15) is 0 Å². The Hall–Kier alpha value is -0.860. The Morgan fingerprint density at radius 3 is 1.76 bits per heavy atom. The normalized spacial score (nSPS) is 16.0. The van der Waals surface area contributed by atoms with Crippen molar-refractivity contribution in [2.45, 2.75) is 45.6 Å². The molecule has 0 aliphatic heterocycles. The summed E-state index contributed by atoms with van der Waals surface area (Å²) < 4.78 is 0. The summed E-state index contributed by atoms with van der Waals surface area (Å²) in [6, 6.07) is 8.15. The number of rotatable bonds is 3. The van der Waals surface area contributed by atoms with Crippen LogP contribution in [0.25, 0.3) is 0 Å². The zero-order valence-corrected chi connectivity index (χ0v) is 11.6. The number of nitrogens with two attached hydrogens (primary N) is 1. The second-order valence-electron chi connectivity index (χ2n) is 6.11. The highest BCUT2D eigenvalue weighted by Crippen LogP contribution is 2.30. The maximum Gasteiger partial charge on any atom is 0.104 e. The van der Waals surface area contributed by atoms with E-state index in [0.717, 1.165) is 5.56 Å². The fourth-order valence-corrected chi connectivity index (χ4v) is 1.95. The number of hydrogen-bond donors (Lipinski definition) is 2. The van der Waals surface area contributed by atoms with E-state index in [4.69, 9.17) is 5.73 Å². The summed E-state index contributed by atoms with van der Waals surface area (Å²) in [4.78, 5) is 0. The third-order valence-corrected chi connectivity index (χ3v) is 3.52. The molecule has 0 amide bonds. The fourth-order valence-electron chi connectivity index (χ4n) is 1.95. The van der Waals surface area contributed by atoms with Gasteiger partial charge < -0.3 is 10.8 Å². The summed E-state index contributed by atoms with van der Waals surface area (Å²) >= 11 is 0. The van der Waals surface area contributed by atoms with Gasteiger partial charge in [-0.05, 0) is 22.5 Å². The van der Waals surface area contributed by atoms with E-state index in [0.29, 0.717) is 0 Å². The minimum atomic E-state index is -0.920. The third kappa shape index (κ3) is 2.88. The predicted octanol–water partition coefficient (Wildman–Crippen LogP) is 2.79. The minimum Gasteiger partial charge on any atom is -0.384 e. The molecule has 0 heterocycles. The van der Waals surface area contributed by atoms with Crippen LogP contribution in [0.15, 0.2) is 24.3 Å². The summed E-state index contributed by atoms with van der Waals surface area (Å²) in [5.41, 5.74) is 7.10. The van der Waals surface area contributed by atoms with Crippen molar-refractivity contribution in [1.82, 2.24) is 0 Å². The minimum absolute atomic E-state index is 0.105. The molecule has 1 aromatic rings. The van der Waals surface area contributed by atoms with Crippen molar-refractivity contribution in [1.29, 1.82) is 0 Å². The zero-order chi connectivity index (χ0) is 13.3. The van der Waals surface area contributed by atoms with Gasteiger partial charge in [0.15, 0.2) is 0 Å². The van der Waals surface area contributed by atoms with E-state index in [-0.39, 0.29) is 17.9 Å². The lowest BCUT2D eigenvalue weighted by molar-refractivity contribution is -0.00116. The maximum absolute atomic E-state index is 10.5. The average molecular weight is 235 g/mol. The molecule has 0 fully saturated rings. The molecule has 0 aliphatic rings. The number of hydrogen-bond acceptors (Lipinski definition) is 2. The Balaban J connectivity index is 3.10. The molecule has 0 aromatic heterocycles. The highest BCUT2D eigenvalue weighted by molar-refractivity contribution is 5.31. The van der Waals surface area contributed by atoms with Gasteiger partial charge in [-0.25, -0.2) is 0 Å². The summed E-state index contributed by atoms with van der Waals surface area (Å²) in [5, 5.41) is 10.5. The monoisotopic (exact) mass is 235 g/mol. The molecule has 3 N–H and O–H groups in total. The molecule has 0 aliphatic carbocycles. The zero-order valence-electron chi connectivity index (χ0n) is 11.6. The van der Waals surface area contributed by atoms with Crippen LogP contribution in [-0.4, -0.2) is 11.7 Å². The van der Waals surface area contributed by atoms with Crippen LogP contribution in [0, 0.1) is 5.92 Å². The molecule has 2 heteroatoms. The van der Waals surface area contributed by atoms with Gasteiger partial charge in [-0.1, -0.05) is 58.9 Å². The van der Waals surface area contributed by atoms with E-state index in [9.17, 15) is 5.11 Å². The van der Waals surface area contributed by atoms with Crippen LogP contribution in [0.2, 0.25) is 0 Å². The summed E-state index contributed by atoms with van der Waals surface area (Å²) in [6.45, 7) is 10.8. The first-order valence-corrected chi connectivity index (χ1v) is 6.25. The molecule has 0 radical (unpaired) electrons. The number of benzene rings is 1. The van der Waals surface area contributed by atoms with Crippen LogP contribution in [0.5, 0.6) is 0 Å². The molecular formula is C15H25NO. The first kappa shape index (κ1) is 14.2. The van der Waals surface area contributed by atoms with Crippen LogP contribution in [0.1, 0.15) is 45.7 Å². The Kier molecular flexibility index (Phi) is 4.00. The number of aliphatic hydroxyl groups is 1. The molecular weight excluding hydrogens is 210 g/mol. The van der Waals surface area contributed by atoms with Crippen molar-refractivity contribution in [2.24, 2.45) is 11.7 Å². The van der Waals surface area contributed by atoms with E-state index >= 15 is 0 Å². The van der Waals surface area contributed by atoms with Gasteiger partial charge in [0.1, 0.15) is 5.60 Å². The van der Waals surface area contributed by atoms with Gasteiger partial charge in [-0.3, -0.25) is 0 Å². The summed E-state index contributed by atoms with van der Waals surface area (Å²) in [6.07, 6.45) is 0. The summed E-state index contributed by atoms with van der Waals surface area (Å²) in [7, 11) is 0. The molecule has 1 rings (SSSR count). The second kappa shape index (κ2) is 4.79. The topological polar surface area (TPSA) is 46.2 Å². The summed E-state index contributed by atoms with van der Waals surface area (Å²) in [5.74, 6) is 0.105. The Morgan fingerprint density at radius 1 is 1.06 bits per heavy atom. The Morgan fingerprint density at radius 2 is 1.47 bits per heavy atom. The predicted molar refractivity (Wildman–Crippen MR) is 72.9 cm³/mol. The van der Waals surface area contributed by atoms with Gasteiger partial charge in [-0.15, -0.1) is 0 Å². The van der Waals surface area contributed by atoms with E-state index in [2.05, 4.69) is 32.9 Å². The largest absolute Gasteiger partial charge is 0.384 e. The first-order chi connectivity index (χ1) is 7.71. The second-order valence-corrected chi connectivity index (χ2v) is 6.11. The van der Waals surface area contributed by atoms with E-state index in [1.54, 1.807) is 0 Å². The van der Waals surface area contributed by atoms with Crippen LogP contribution in [0.3, 0.4) is 0 Å². The molecule has 1 atom stereocenters. The molecule has 1 unspecified atom stereocenters. The lowest BCUT2D eigenvalue weighted by Gasteiger charge is -2.32. The van der Waals surface area contributed by atoms with Crippen LogP contribution in [0.4, 0.5) is 0 Å². The van der Waals surface area contributed by atoms with E-state index in [1.807, 2.05) is 26.0 Å². The molecule has 96 valence electrons. The van der Waals surface area contributed by atoms with Crippen molar-refractivity contribution in [2.75, 3.05) is 6.54 Å². The first-order valence-electron chi connectivity index (χ1n) is 6.25. The van der Waals surface area contributed by atoms with Crippen molar-refractivity contribution in [3.8, 4) is 0 Å². The van der Waals surface area contributed by atoms with Crippen LogP contribution in [-0.2, 0) is 11.0 Å². The smallest absolute Gasteiger partial charge is 0.104 e. The standard InChI is InChI=1S/C15H25NO/c1-11(2)15(17,10-16)13-8-6-12(7-9-13)14(3,4)5/h6-9,11,17H,10,16H2,1-5H3.